The van der Waals surface area contributed by atoms with Crippen LogP contribution in [0.25, 0.3) is 0 Å². The van der Waals surface area contributed by atoms with Crippen molar-refractivity contribution < 1.29 is 18.0 Å². The summed E-state index contributed by atoms with van der Waals surface area (Å²) in [5.74, 6) is -1.95. The summed E-state index contributed by atoms with van der Waals surface area (Å²) in [7, 11) is 0. The van der Waals surface area contributed by atoms with Crippen LogP contribution in [-0.4, -0.2) is 23.6 Å². The summed E-state index contributed by atoms with van der Waals surface area (Å²) in [6.07, 6.45) is -4.29. The van der Waals surface area contributed by atoms with E-state index in [1.165, 1.54) is 5.01 Å². The molecule has 7 heteroatoms. The van der Waals surface area contributed by atoms with Crippen LogP contribution in [0.15, 0.2) is 18.2 Å². The van der Waals surface area contributed by atoms with Crippen molar-refractivity contribution in [3.63, 3.8) is 0 Å². The Labute approximate surface area is 102 Å². The molecule has 0 saturated carbocycles. The molecule has 1 aromatic rings. The molecule has 3 N–H and O–H groups in total. The summed E-state index contributed by atoms with van der Waals surface area (Å²) in [5.41, 5.74) is 9.89. The van der Waals surface area contributed by atoms with Crippen LogP contribution in [-0.2, 0) is 17.8 Å². The number of hydrogen-bond acceptors (Lipinski definition) is 3. The minimum atomic E-state index is -4.87. The van der Waals surface area contributed by atoms with Crippen LogP contribution in [0.4, 0.5) is 18.9 Å². The Morgan fingerprint density at radius 3 is 2.72 bits per heavy atom. The number of fused-ring (bicyclic) bond motifs is 1. The van der Waals surface area contributed by atoms with E-state index in [-0.39, 0.29) is 6.54 Å². The Kier molecular flexibility index (Phi) is 3.16. The number of carbonyl (C=O) groups excluding carboxylic acids is 1. The molecule has 0 fully saturated rings. The van der Waals surface area contributed by atoms with Gasteiger partial charge in [0.25, 0.3) is 0 Å². The summed E-state index contributed by atoms with van der Waals surface area (Å²) >= 11 is 0. The maximum absolute atomic E-state index is 12.1. The maximum Gasteiger partial charge on any atom is 0.472 e. The van der Waals surface area contributed by atoms with E-state index in [0.29, 0.717) is 18.7 Å². The van der Waals surface area contributed by atoms with E-state index in [4.69, 9.17) is 5.73 Å². The van der Waals surface area contributed by atoms with Gasteiger partial charge in [0.15, 0.2) is 0 Å². The molecule has 0 spiro atoms. The highest BCUT2D eigenvalue weighted by atomic mass is 19.4. The van der Waals surface area contributed by atoms with Crippen LogP contribution in [0.5, 0.6) is 0 Å². The zero-order valence-electron chi connectivity index (χ0n) is 9.42. The molecule has 1 aromatic carbocycles. The smallest absolute Gasteiger partial charge is 0.399 e. The second kappa shape index (κ2) is 4.49. The lowest BCUT2D eigenvalue weighted by atomic mass is 10.0. The number of nitrogens with two attached hydrogens (primary N) is 1. The van der Waals surface area contributed by atoms with Gasteiger partial charge in [-0.1, -0.05) is 6.07 Å². The average molecular weight is 259 g/mol. The van der Waals surface area contributed by atoms with Crippen molar-refractivity contribution in [1.82, 2.24) is 10.4 Å². The molecule has 98 valence electrons. The number of nitrogens with zero attached hydrogens (tertiary/aromatic N) is 1. The molecular weight excluding hydrogens is 247 g/mol. The summed E-state index contributed by atoms with van der Waals surface area (Å²) in [6, 6.07) is 5.32. The lowest BCUT2D eigenvalue weighted by molar-refractivity contribution is -0.179. The van der Waals surface area contributed by atoms with Gasteiger partial charge in [-0.3, -0.25) is 10.2 Å². The molecule has 18 heavy (non-hydrogen) atoms. The molecule has 1 aliphatic rings. The number of carbonyl (C=O) groups is 1. The molecule has 0 aromatic heterocycles. The van der Waals surface area contributed by atoms with Gasteiger partial charge in [0.2, 0.25) is 0 Å². The predicted octanol–water partition coefficient (Wildman–Crippen LogP) is 1.22. The molecule has 0 aliphatic carbocycles. The molecule has 2 rings (SSSR count). The predicted molar refractivity (Wildman–Crippen MR) is 59.2 cm³/mol. The molecule has 1 heterocycles. The van der Waals surface area contributed by atoms with Gasteiger partial charge in [-0.15, -0.1) is 0 Å². The molecule has 0 unspecified atom stereocenters. The van der Waals surface area contributed by atoms with Crippen molar-refractivity contribution in [3.8, 4) is 0 Å². The lowest BCUT2D eigenvalue weighted by Crippen LogP contribution is -2.49. The molecule has 0 radical (unpaired) electrons. The summed E-state index contributed by atoms with van der Waals surface area (Å²) in [5, 5.41) is 1.25. The van der Waals surface area contributed by atoms with Crippen molar-refractivity contribution in [2.45, 2.75) is 19.1 Å². The Morgan fingerprint density at radius 2 is 2.06 bits per heavy atom. The first-order chi connectivity index (χ1) is 8.36. The zero-order chi connectivity index (χ0) is 13.3. The fraction of sp³-hybridized carbons (Fsp3) is 0.364. The SMILES string of the molecule is Nc1ccc2c(c1)CN(NC(=O)C(F)(F)F)CC2. The van der Waals surface area contributed by atoms with Gasteiger partial charge in [0.1, 0.15) is 0 Å². The van der Waals surface area contributed by atoms with E-state index in [2.05, 4.69) is 0 Å². The minimum Gasteiger partial charge on any atom is -0.399 e. The molecule has 1 aliphatic heterocycles. The third-order valence-corrected chi connectivity index (χ3v) is 2.76. The number of anilines is 1. The van der Waals surface area contributed by atoms with E-state index < -0.39 is 12.1 Å². The number of hydrogen-bond donors (Lipinski definition) is 2. The molecule has 0 atom stereocenters. The molecular formula is C11H12F3N3O. The number of halogens is 3. The molecule has 4 nitrogen and oxygen atoms in total. The van der Waals surface area contributed by atoms with Gasteiger partial charge in [0, 0.05) is 18.8 Å². The minimum absolute atomic E-state index is 0.224. The number of benzene rings is 1. The largest absolute Gasteiger partial charge is 0.472 e. The van der Waals surface area contributed by atoms with Gasteiger partial charge in [-0.2, -0.15) is 13.2 Å². The molecule has 1 amide bonds. The highest BCUT2D eigenvalue weighted by molar-refractivity contribution is 5.81. The van der Waals surface area contributed by atoms with E-state index in [1.807, 2.05) is 11.5 Å². The topological polar surface area (TPSA) is 58.4 Å². The fourth-order valence-electron chi connectivity index (χ4n) is 1.88. The quantitative estimate of drug-likeness (QED) is 0.745. The Balaban J connectivity index is 2.06. The number of amides is 1. The summed E-state index contributed by atoms with van der Waals surface area (Å²) in [6.45, 7) is 0.570. The summed E-state index contributed by atoms with van der Waals surface area (Å²) in [4.78, 5) is 10.8. The standard InChI is InChI=1S/C11H12F3N3O/c12-11(13,14)10(18)16-17-4-3-7-1-2-9(15)5-8(7)6-17/h1-2,5H,3-4,6,15H2,(H,16,18). The first-order valence-corrected chi connectivity index (χ1v) is 5.36. The first kappa shape index (κ1) is 12.7. The first-order valence-electron chi connectivity index (χ1n) is 5.36. The number of rotatable bonds is 1. The van der Waals surface area contributed by atoms with Gasteiger partial charge < -0.3 is 5.73 Å². The number of alkyl halides is 3. The van der Waals surface area contributed by atoms with Crippen molar-refractivity contribution in [2.24, 2.45) is 0 Å². The number of nitrogen functional groups attached to an aromatic ring is 1. The van der Waals surface area contributed by atoms with E-state index >= 15 is 0 Å². The Bertz CT molecular complexity index is 473. The van der Waals surface area contributed by atoms with E-state index in [1.54, 1.807) is 12.1 Å². The molecule has 0 bridgehead atoms. The second-order valence-corrected chi connectivity index (χ2v) is 4.14. The number of hydrazine groups is 1. The number of nitrogens with one attached hydrogen (secondary N) is 1. The third-order valence-electron chi connectivity index (χ3n) is 2.76. The van der Waals surface area contributed by atoms with Crippen LogP contribution in [0.2, 0.25) is 0 Å². The molecule has 0 saturated heterocycles. The van der Waals surface area contributed by atoms with Gasteiger partial charge >= 0.3 is 12.1 Å². The third kappa shape index (κ3) is 2.73. The fourth-order valence-corrected chi connectivity index (χ4v) is 1.88. The van der Waals surface area contributed by atoms with E-state index in [9.17, 15) is 18.0 Å². The Hall–Kier alpha value is -1.76. The van der Waals surface area contributed by atoms with Crippen LogP contribution in [0, 0.1) is 0 Å². The normalized spacial score (nSPS) is 16.2. The Morgan fingerprint density at radius 1 is 1.33 bits per heavy atom. The van der Waals surface area contributed by atoms with Crippen molar-refractivity contribution >= 4 is 11.6 Å². The van der Waals surface area contributed by atoms with Gasteiger partial charge in [-0.25, -0.2) is 5.01 Å². The van der Waals surface area contributed by atoms with Crippen molar-refractivity contribution in [2.75, 3.05) is 12.3 Å². The van der Waals surface area contributed by atoms with E-state index in [0.717, 1.165) is 11.1 Å². The van der Waals surface area contributed by atoms with Crippen LogP contribution in [0.1, 0.15) is 11.1 Å². The van der Waals surface area contributed by atoms with Crippen LogP contribution >= 0.6 is 0 Å². The average Bonchev–Trinajstić information content (AvgIpc) is 2.27. The highest BCUT2D eigenvalue weighted by Gasteiger charge is 2.39. The zero-order valence-corrected chi connectivity index (χ0v) is 9.42. The maximum atomic E-state index is 12.1. The second-order valence-electron chi connectivity index (χ2n) is 4.14. The lowest BCUT2D eigenvalue weighted by Gasteiger charge is -2.29. The van der Waals surface area contributed by atoms with Crippen LogP contribution in [0.3, 0.4) is 0 Å². The highest BCUT2D eigenvalue weighted by Crippen LogP contribution is 2.21. The van der Waals surface area contributed by atoms with Gasteiger partial charge in [-0.05, 0) is 29.7 Å². The van der Waals surface area contributed by atoms with Crippen molar-refractivity contribution in [3.05, 3.63) is 29.3 Å². The van der Waals surface area contributed by atoms with Crippen LogP contribution < -0.4 is 11.2 Å². The monoisotopic (exact) mass is 259 g/mol. The summed E-state index contributed by atoms with van der Waals surface area (Å²) < 4.78 is 36.3. The van der Waals surface area contributed by atoms with Gasteiger partial charge in [0.05, 0.1) is 0 Å². The van der Waals surface area contributed by atoms with Crippen molar-refractivity contribution in [1.29, 1.82) is 0 Å².